The Morgan fingerprint density at radius 3 is 2.76 bits per heavy atom. The van der Waals surface area contributed by atoms with Gasteiger partial charge in [0.05, 0.1) is 0 Å². The van der Waals surface area contributed by atoms with E-state index < -0.39 is 0 Å². The zero-order valence-electron chi connectivity index (χ0n) is 11.7. The van der Waals surface area contributed by atoms with Crippen molar-refractivity contribution in [2.24, 2.45) is 0 Å². The summed E-state index contributed by atoms with van der Waals surface area (Å²) in [6.07, 6.45) is 4.96. The molecule has 0 radical (unpaired) electrons. The average Bonchev–Trinajstić information content (AvgIpc) is 2.50. The first-order chi connectivity index (χ1) is 10.2. The lowest BCUT2D eigenvalue weighted by molar-refractivity contribution is 0.628. The Kier molecular flexibility index (Phi) is 3.52. The lowest BCUT2D eigenvalue weighted by Gasteiger charge is -2.06. The third kappa shape index (κ3) is 2.57. The zero-order valence-corrected chi connectivity index (χ0v) is 11.7. The van der Waals surface area contributed by atoms with Crippen LogP contribution < -0.4 is 5.56 Å². The lowest BCUT2D eigenvalue weighted by atomic mass is 10.1. The Morgan fingerprint density at radius 2 is 2.00 bits per heavy atom. The second-order valence-corrected chi connectivity index (χ2v) is 4.99. The maximum Gasteiger partial charge on any atom is 0.261 e. The number of rotatable bonds is 3. The van der Waals surface area contributed by atoms with E-state index in [0.29, 0.717) is 11.2 Å². The highest BCUT2D eigenvalue weighted by Crippen LogP contribution is 2.20. The molecule has 0 saturated heterocycles. The van der Waals surface area contributed by atoms with Gasteiger partial charge in [-0.25, -0.2) is 9.37 Å². The van der Waals surface area contributed by atoms with Crippen LogP contribution in [-0.2, 0) is 6.42 Å². The molecule has 21 heavy (non-hydrogen) atoms. The Hall–Kier alpha value is -2.49. The molecule has 3 aromatic rings. The highest BCUT2D eigenvalue weighted by Gasteiger charge is 2.06. The molecule has 1 aromatic carbocycles. The quantitative estimate of drug-likeness (QED) is 0.737. The number of hydrogen-bond acceptors (Lipinski definition) is 2. The summed E-state index contributed by atoms with van der Waals surface area (Å²) in [4.78, 5) is 16.6. The second kappa shape index (κ2) is 5.48. The molecule has 3 rings (SSSR count). The molecule has 0 N–H and O–H groups in total. The van der Waals surface area contributed by atoms with Crippen molar-refractivity contribution in [1.29, 1.82) is 0 Å². The van der Waals surface area contributed by atoms with Gasteiger partial charge in [0.25, 0.3) is 5.56 Å². The van der Waals surface area contributed by atoms with Gasteiger partial charge in [-0.2, -0.15) is 0 Å². The molecule has 0 aliphatic carbocycles. The second-order valence-electron chi connectivity index (χ2n) is 4.99. The highest BCUT2D eigenvalue weighted by molar-refractivity contribution is 5.67. The van der Waals surface area contributed by atoms with Crippen LogP contribution in [-0.4, -0.2) is 9.38 Å². The molecule has 0 atom stereocenters. The molecule has 3 nitrogen and oxygen atoms in total. The topological polar surface area (TPSA) is 34.4 Å². The predicted octanol–water partition coefficient (Wildman–Crippen LogP) is 3.45. The summed E-state index contributed by atoms with van der Waals surface area (Å²) in [5.74, 6) is -0.281. The van der Waals surface area contributed by atoms with Gasteiger partial charge in [0.2, 0.25) is 0 Å². The van der Waals surface area contributed by atoms with Crippen LogP contribution in [0.2, 0.25) is 0 Å². The molecule has 0 unspecified atom stereocenters. The first-order valence-corrected chi connectivity index (χ1v) is 6.95. The Morgan fingerprint density at radius 1 is 1.19 bits per heavy atom. The van der Waals surface area contributed by atoms with E-state index in [1.165, 1.54) is 16.5 Å². The van der Waals surface area contributed by atoms with Crippen molar-refractivity contribution in [2.75, 3.05) is 0 Å². The largest absolute Gasteiger partial charge is 0.269 e. The fraction of sp³-hybridized carbons (Fsp3) is 0.176. The maximum atomic E-state index is 13.3. The molecular formula is C17H15FN2O. The molecule has 0 aliphatic heterocycles. The van der Waals surface area contributed by atoms with Gasteiger partial charge in [-0.15, -0.1) is 0 Å². The number of fused-ring (bicyclic) bond motifs is 1. The van der Waals surface area contributed by atoms with Gasteiger partial charge in [0.1, 0.15) is 11.5 Å². The number of hydrogen-bond donors (Lipinski definition) is 0. The summed E-state index contributed by atoms with van der Waals surface area (Å²) in [5, 5.41) is 0. The molecule has 4 heteroatoms. The first-order valence-electron chi connectivity index (χ1n) is 6.95. The third-order valence-corrected chi connectivity index (χ3v) is 3.46. The van der Waals surface area contributed by atoms with Gasteiger partial charge in [-0.1, -0.05) is 25.5 Å². The van der Waals surface area contributed by atoms with Crippen molar-refractivity contribution in [3.8, 4) is 11.1 Å². The van der Waals surface area contributed by atoms with E-state index >= 15 is 0 Å². The van der Waals surface area contributed by atoms with Gasteiger partial charge in [0, 0.05) is 18.0 Å². The van der Waals surface area contributed by atoms with Crippen molar-refractivity contribution in [3.63, 3.8) is 0 Å². The first kappa shape index (κ1) is 13.5. The van der Waals surface area contributed by atoms with Crippen molar-refractivity contribution in [3.05, 3.63) is 70.5 Å². The fourth-order valence-electron chi connectivity index (χ4n) is 2.40. The highest BCUT2D eigenvalue weighted by atomic mass is 19.1. The van der Waals surface area contributed by atoms with E-state index in [0.717, 1.165) is 24.0 Å². The van der Waals surface area contributed by atoms with Crippen molar-refractivity contribution in [2.45, 2.75) is 19.8 Å². The van der Waals surface area contributed by atoms with Gasteiger partial charge in [-0.3, -0.25) is 9.20 Å². The Bertz CT molecular complexity index is 855. The van der Waals surface area contributed by atoms with E-state index in [2.05, 4.69) is 4.98 Å². The molecule has 2 heterocycles. The van der Waals surface area contributed by atoms with Gasteiger partial charge < -0.3 is 0 Å². The van der Waals surface area contributed by atoms with Gasteiger partial charge in [-0.05, 0) is 41.8 Å². The minimum Gasteiger partial charge on any atom is -0.269 e. The van der Waals surface area contributed by atoms with Crippen LogP contribution in [0, 0.1) is 5.82 Å². The molecule has 0 bridgehead atoms. The predicted molar refractivity (Wildman–Crippen MR) is 80.9 cm³/mol. The summed E-state index contributed by atoms with van der Waals surface area (Å²) >= 11 is 0. The Balaban J connectivity index is 2.13. The van der Waals surface area contributed by atoms with Gasteiger partial charge >= 0.3 is 0 Å². The van der Waals surface area contributed by atoms with E-state index in [1.54, 1.807) is 30.6 Å². The number of halogens is 1. The van der Waals surface area contributed by atoms with E-state index in [4.69, 9.17) is 0 Å². The van der Waals surface area contributed by atoms with Crippen LogP contribution in [0.3, 0.4) is 0 Å². The van der Waals surface area contributed by atoms with Crippen LogP contribution in [0.15, 0.2) is 53.6 Å². The monoisotopic (exact) mass is 282 g/mol. The minimum atomic E-state index is -0.281. The molecule has 106 valence electrons. The summed E-state index contributed by atoms with van der Waals surface area (Å²) in [6, 6.07) is 9.98. The molecule has 0 fully saturated rings. The normalized spacial score (nSPS) is 11.0. The van der Waals surface area contributed by atoms with Crippen LogP contribution in [0.4, 0.5) is 4.39 Å². The Labute approximate surface area is 121 Å². The van der Waals surface area contributed by atoms with Gasteiger partial charge in [0.15, 0.2) is 0 Å². The maximum absolute atomic E-state index is 13.3. The fourth-order valence-corrected chi connectivity index (χ4v) is 2.40. The third-order valence-electron chi connectivity index (χ3n) is 3.46. The molecule has 0 amide bonds. The number of aromatic nitrogens is 2. The molecule has 0 aliphatic rings. The lowest BCUT2D eigenvalue weighted by Crippen LogP contribution is -2.19. The summed E-state index contributed by atoms with van der Waals surface area (Å²) in [6.45, 7) is 2.03. The molecule has 2 aromatic heterocycles. The standard InChI is InChI=1S/C17H15FN2O/c1-2-4-14-11-19-16-10-13(7-8-20(16)17(14)21)12-5-3-6-15(18)9-12/h3,5-11H,2,4H2,1H3. The average molecular weight is 282 g/mol. The number of aryl methyl sites for hydroxylation is 1. The molecular weight excluding hydrogens is 267 g/mol. The summed E-state index contributed by atoms with van der Waals surface area (Å²) < 4.78 is 14.8. The smallest absolute Gasteiger partial charge is 0.261 e. The molecule has 0 saturated carbocycles. The zero-order chi connectivity index (χ0) is 14.8. The van der Waals surface area contributed by atoms with Crippen LogP contribution >= 0.6 is 0 Å². The van der Waals surface area contributed by atoms with Crippen molar-refractivity contribution in [1.82, 2.24) is 9.38 Å². The number of pyridine rings is 1. The van der Waals surface area contributed by atoms with Crippen LogP contribution in [0.5, 0.6) is 0 Å². The van der Waals surface area contributed by atoms with E-state index in [1.807, 2.05) is 13.0 Å². The SMILES string of the molecule is CCCc1cnc2cc(-c3cccc(F)c3)ccn2c1=O. The summed E-state index contributed by atoms with van der Waals surface area (Å²) in [5.41, 5.74) is 2.86. The van der Waals surface area contributed by atoms with E-state index in [-0.39, 0.29) is 11.4 Å². The minimum absolute atomic E-state index is 0.0346. The number of nitrogens with zero attached hydrogens (tertiary/aromatic N) is 2. The van der Waals surface area contributed by atoms with Crippen LogP contribution in [0.1, 0.15) is 18.9 Å². The van der Waals surface area contributed by atoms with Crippen LogP contribution in [0.25, 0.3) is 16.8 Å². The molecule has 0 spiro atoms. The van der Waals surface area contributed by atoms with Crippen molar-refractivity contribution < 1.29 is 4.39 Å². The van der Waals surface area contributed by atoms with E-state index in [9.17, 15) is 9.18 Å². The summed E-state index contributed by atoms with van der Waals surface area (Å²) in [7, 11) is 0. The number of benzene rings is 1. The van der Waals surface area contributed by atoms with Crippen molar-refractivity contribution >= 4 is 5.65 Å².